The van der Waals surface area contributed by atoms with Crippen molar-refractivity contribution in [2.45, 2.75) is 31.7 Å². The number of rotatable bonds is 2. The Bertz CT molecular complexity index is 550. The molecule has 0 saturated carbocycles. The van der Waals surface area contributed by atoms with Crippen LogP contribution in [0.15, 0.2) is 36.5 Å². The summed E-state index contributed by atoms with van der Waals surface area (Å²) in [6.07, 6.45) is 7.20. The average molecular weight is 319 g/mol. The summed E-state index contributed by atoms with van der Waals surface area (Å²) in [6.45, 7) is 1.16. The number of halogens is 1. The average Bonchev–Trinajstić information content (AvgIpc) is 2.71. The number of benzene rings is 1. The maximum Gasteiger partial charge on any atom is 0.0722 e. The highest BCUT2D eigenvalue weighted by molar-refractivity contribution is 9.09. The zero-order chi connectivity index (χ0) is 13.1. The first-order valence-corrected chi connectivity index (χ1v) is 8.18. The first-order chi connectivity index (χ1) is 9.40. The molecule has 2 heterocycles. The number of pyridine rings is 1. The van der Waals surface area contributed by atoms with Gasteiger partial charge in [0.25, 0.3) is 0 Å². The Labute approximate surface area is 123 Å². The van der Waals surface area contributed by atoms with Gasteiger partial charge in [-0.2, -0.15) is 0 Å². The minimum absolute atomic E-state index is 0.605. The quantitative estimate of drug-likeness (QED) is 0.764. The van der Waals surface area contributed by atoms with Crippen LogP contribution in [-0.2, 0) is 0 Å². The molecule has 0 bridgehead atoms. The molecule has 1 fully saturated rings. The highest BCUT2D eigenvalue weighted by Crippen LogP contribution is 2.30. The number of aromatic nitrogens is 1. The molecule has 3 heteroatoms. The fourth-order valence-corrected chi connectivity index (χ4v) is 3.66. The van der Waals surface area contributed by atoms with Crippen LogP contribution in [0.3, 0.4) is 0 Å². The topological polar surface area (TPSA) is 16.1 Å². The number of fused-ring (bicyclic) bond motifs is 1. The molecular formula is C16H19BrN2. The Balaban J connectivity index is 2.06. The van der Waals surface area contributed by atoms with Gasteiger partial charge < -0.3 is 4.90 Å². The molecule has 0 spiro atoms. The maximum absolute atomic E-state index is 4.47. The molecule has 0 aliphatic carbocycles. The second-order valence-corrected chi connectivity index (χ2v) is 5.85. The SMILES string of the molecule is BrCC1CCCCCN1c1ccnc2ccccc12. The number of nitrogens with zero attached hydrogens (tertiary/aromatic N) is 2. The van der Waals surface area contributed by atoms with E-state index >= 15 is 0 Å². The van der Waals surface area contributed by atoms with E-state index in [0.717, 1.165) is 17.4 Å². The second kappa shape index (κ2) is 5.91. The Hall–Kier alpha value is -1.09. The van der Waals surface area contributed by atoms with E-state index < -0.39 is 0 Å². The lowest BCUT2D eigenvalue weighted by molar-refractivity contribution is 0.627. The molecule has 1 unspecified atom stereocenters. The minimum atomic E-state index is 0.605. The van der Waals surface area contributed by atoms with Crippen LogP contribution in [0.5, 0.6) is 0 Å². The lowest BCUT2D eigenvalue weighted by Gasteiger charge is -2.31. The van der Waals surface area contributed by atoms with Gasteiger partial charge in [-0.15, -0.1) is 0 Å². The summed E-state index contributed by atoms with van der Waals surface area (Å²) in [6, 6.07) is 11.2. The minimum Gasteiger partial charge on any atom is -0.367 e. The zero-order valence-corrected chi connectivity index (χ0v) is 12.6. The van der Waals surface area contributed by atoms with Crippen molar-refractivity contribution in [2.24, 2.45) is 0 Å². The van der Waals surface area contributed by atoms with Crippen LogP contribution in [0, 0.1) is 0 Å². The third kappa shape index (κ3) is 2.62. The molecule has 2 nitrogen and oxygen atoms in total. The van der Waals surface area contributed by atoms with Gasteiger partial charge in [-0.1, -0.05) is 47.0 Å². The molecule has 0 amide bonds. The van der Waals surface area contributed by atoms with E-state index in [0.29, 0.717) is 6.04 Å². The van der Waals surface area contributed by atoms with Crippen LogP contribution >= 0.6 is 15.9 Å². The molecule has 1 atom stereocenters. The Morgan fingerprint density at radius 3 is 2.95 bits per heavy atom. The first-order valence-electron chi connectivity index (χ1n) is 7.06. The summed E-state index contributed by atoms with van der Waals surface area (Å²) in [5.74, 6) is 0. The summed E-state index contributed by atoms with van der Waals surface area (Å²) in [7, 11) is 0. The molecule has 2 aromatic rings. The number of para-hydroxylation sites is 1. The van der Waals surface area contributed by atoms with Gasteiger partial charge in [-0.05, 0) is 25.0 Å². The summed E-state index contributed by atoms with van der Waals surface area (Å²) >= 11 is 3.69. The van der Waals surface area contributed by atoms with Gasteiger partial charge in [-0.3, -0.25) is 4.98 Å². The Morgan fingerprint density at radius 1 is 1.16 bits per heavy atom. The highest BCUT2D eigenvalue weighted by atomic mass is 79.9. The second-order valence-electron chi connectivity index (χ2n) is 5.20. The van der Waals surface area contributed by atoms with Crippen LogP contribution in [0.2, 0.25) is 0 Å². The van der Waals surface area contributed by atoms with E-state index in [4.69, 9.17) is 0 Å². The van der Waals surface area contributed by atoms with E-state index in [1.807, 2.05) is 6.20 Å². The fraction of sp³-hybridized carbons (Fsp3) is 0.438. The molecule has 1 aromatic carbocycles. The number of hydrogen-bond acceptors (Lipinski definition) is 2. The number of alkyl halides is 1. The molecule has 1 saturated heterocycles. The molecule has 100 valence electrons. The van der Waals surface area contributed by atoms with Gasteiger partial charge in [0.2, 0.25) is 0 Å². The summed E-state index contributed by atoms with van der Waals surface area (Å²) in [5.41, 5.74) is 2.44. The molecule has 0 radical (unpaired) electrons. The van der Waals surface area contributed by atoms with Crippen LogP contribution in [0.4, 0.5) is 5.69 Å². The zero-order valence-electron chi connectivity index (χ0n) is 11.1. The van der Waals surface area contributed by atoms with Crippen LogP contribution < -0.4 is 4.90 Å². The van der Waals surface area contributed by atoms with Crippen LogP contribution in [0.25, 0.3) is 10.9 Å². The summed E-state index contributed by atoms with van der Waals surface area (Å²) < 4.78 is 0. The van der Waals surface area contributed by atoms with Gasteiger partial charge >= 0.3 is 0 Å². The predicted octanol–water partition coefficient (Wildman–Crippen LogP) is 4.38. The van der Waals surface area contributed by atoms with Crippen molar-refractivity contribution >= 4 is 32.5 Å². The van der Waals surface area contributed by atoms with Crippen LogP contribution in [-0.4, -0.2) is 22.9 Å². The lowest BCUT2D eigenvalue weighted by Crippen LogP contribution is -2.36. The van der Waals surface area contributed by atoms with E-state index in [1.54, 1.807) is 0 Å². The van der Waals surface area contributed by atoms with E-state index in [9.17, 15) is 0 Å². The normalized spacial score (nSPS) is 20.5. The van der Waals surface area contributed by atoms with Crippen molar-refractivity contribution in [2.75, 3.05) is 16.8 Å². The smallest absolute Gasteiger partial charge is 0.0722 e. The molecular weight excluding hydrogens is 300 g/mol. The molecule has 19 heavy (non-hydrogen) atoms. The third-order valence-electron chi connectivity index (χ3n) is 3.99. The highest BCUT2D eigenvalue weighted by Gasteiger charge is 2.21. The van der Waals surface area contributed by atoms with Crippen molar-refractivity contribution in [3.63, 3.8) is 0 Å². The van der Waals surface area contributed by atoms with Crippen molar-refractivity contribution in [1.29, 1.82) is 0 Å². The molecule has 1 aromatic heterocycles. The van der Waals surface area contributed by atoms with Crippen molar-refractivity contribution in [1.82, 2.24) is 4.98 Å². The number of anilines is 1. The van der Waals surface area contributed by atoms with Gasteiger partial charge in [0.1, 0.15) is 0 Å². The largest absolute Gasteiger partial charge is 0.367 e. The monoisotopic (exact) mass is 318 g/mol. The number of hydrogen-bond donors (Lipinski definition) is 0. The van der Waals surface area contributed by atoms with Crippen molar-refractivity contribution in [3.8, 4) is 0 Å². The van der Waals surface area contributed by atoms with E-state index in [2.05, 4.69) is 56.1 Å². The molecule has 0 N–H and O–H groups in total. The van der Waals surface area contributed by atoms with E-state index in [1.165, 1.54) is 36.8 Å². The fourth-order valence-electron chi connectivity index (χ4n) is 2.99. The van der Waals surface area contributed by atoms with Crippen LogP contribution in [0.1, 0.15) is 25.7 Å². The first kappa shape index (κ1) is 12.9. The lowest BCUT2D eigenvalue weighted by atomic mass is 10.1. The van der Waals surface area contributed by atoms with Gasteiger partial charge in [0.15, 0.2) is 0 Å². The summed E-state index contributed by atoms with van der Waals surface area (Å²) in [5, 5.41) is 2.32. The summed E-state index contributed by atoms with van der Waals surface area (Å²) in [4.78, 5) is 7.05. The molecule has 1 aliphatic heterocycles. The molecule has 1 aliphatic rings. The third-order valence-corrected chi connectivity index (χ3v) is 4.74. The van der Waals surface area contributed by atoms with Gasteiger partial charge in [0, 0.05) is 35.2 Å². The molecule has 3 rings (SSSR count). The van der Waals surface area contributed by atoms with Crippen molar-refractivity contribution < 1.29 is 0 Å². The van der Waals surface area contributed by atoms with Gasteiger partial charge in [-0.25, -0.2) is 0 Å². The van der Waals surface area contributed by atoms with Crippen molar-refractivity contribution in [3.05, 3.63) is 36.5 Å². The standard InChI is InChI=1S/C16H19BrN2/c17-12-13-6-2-1-5-11-19(13)16-9-10-18-15-8-4-3-7-14(15)16/h3-4,7-10,13H,1-2,5-6,11-12H2. The van der Waals surface area contributed by atoms with E-state index in [-0.39, 0.29) is 0 Å². The Kier molecular flexibility index (Phi) is 4.02. The Morgan fingerprint density at radius 2 is 2.05 bits per heavy atom. The predicted molar refractivity (Wildman–Crippen MR) is 85.1 cm³/mol. The maximum atomic E-state index is 4.47. The van der Waals surface area contributed by atoms with Gasteiger partial charge in [0.05, 0.1) is 5.52 Å².